The first-order valence-corrected chi connectivity index (χ1v) is 9.86. The van der Waals surface area contributed by atoms with Gasteiger partial charge in [-0.25, -0.2) is 9.97 Å². The van der Waals surface area contributed by atoms with Gasteiger partial charge in [-0.15, -0.1) is 0 Å². The Kier molecular flexibility index (Phi) is 4.31. The van der Waals surface area contributed by atoms with E-state index in [1.54, 1.807) is 6.20 Å². The van der Waals surface area contributed by atoms with E-state index in [0.717, 1.165) is 60.1 Å². The Morgan fingerprint density at radius 1 is 1.21 bits per heavy atom. The predicted octanol–water partition coefficient (Wildman–Crippen LogP) is 1.92. The molecule has 2 saturated heterocycles. The van der Waals surface area contributed by atoms with Crippen molar-refractivity contribution in [2.24, 2.45) is 5.73 Å². The summed E-state index contributed by atoms with van der Waals surface area (Å²) < 4.78 is 6.00. The number of morpholine rings is 1. The highest BCUT2D eigenvalue weighted by atomic mass is 16.5. The fourth-order valence-corrected chi connectivity index (χ4v) is 4.27. The zero-order chi connectivity index (χ0) is 20.0. The van der Waals surface area contributed by atoms with Crippen LogP contribution in [0.3, 0.4) is 0 Å². The first kappa shape index (κ1) is 17.9. The van der Waals surface area contributed by atoms with Crippen LogP contribution < -0.4 is 10.6 Å². The van der Waals surface area contributed by atoms with E-state index in [0.29, 0.717) is 11.4 Å². The number of nitrogens with one attached hydrogen (secondary N) is 2. The minimum absolute atomic E-state index is 0.269. The van der Waals surface area contributed by atoms with Crippen molar-refractivity contribution in [2.75, 3.05) is 18.0 Å². The maximum atomic E-state index is 6.00. The summed E-state index contributed by atoms with van der Waals surface area (Å²) in [5, 5.41) is 14.4. The Morgan fingerprint density at radius 3 is 2.62 bits per heavy atom. The molecule has 0 aliphatic carbocycles. The average molecular weight is 392 g/mol. The molecule has 2 aliphatic rings. The van der Waals surface area contributed by atoms with Crippen LogP contribution in [0.4, 0.5) is 5.82 Å². The number of anilines is 1. The van der Waals surface area contributed by atoms with Gasteiger partial charge in [-0.3, -0.25) is 10.2 Å². The molecule has 2 fully saturated rings. The van der Waals surface area contributed by atoms with Crippen molar-refractivity contribution in [3.8, 4) is 11.3 Å². The largest absolute Gasteiger partial charge is 0.404 e. The molecule has 0 aromatic carbocycles. The molecule has 2 aliphatic heterocycles. The highest BCUT2D eigenvalue weighted by Crippen LogP contribution is 2.33. The van der Waals surface area contributed by atoms with E-state index in [1.165, 1.54) is 6.20 Å². The molecular weight excluding hydrogens is 368 g/mol. The molecule has 9 heteroatoms. The second kappa shape index (κ2) is 7.00. The number of nitrogens with zero attached hydrogens (tertiary/aromatic N) is 5. The Balaban J connectivity index is 1.64. The quantitative estimate of drug-likeness (QED) is 0.620. The van der Waals surface area contributed by atoms with Crippen LogP contribution in [0, 0.1) is 13.8 Å². The molecule has 9 nitrogen and oxygen atoms in total. The maximum Gasteiger partial charge on any atom is 0.165 e. The summed E-state index contributed by atoms with van der Waals surface area (Å²) in [7, 11) is 0. The van der Waals surface area contributed by atoms with Crippen LogP contribution in [0.1, 0.15) is 35.7 Å². The SMILES string of the molecule is Cc1n[nH]c(C)c1-c1cc(N2CC3CCC(C2)O3)nc(/C(=C\N)c2ccn[nH]2)n1. The molecule has 3 aromatic rings. The Hall–Kier alpha value is -3.20. The highest BCUT2D eigenvalue weighted by molar-refractivity contribution is 5.77. The summed E-state index contributed by atoms with van der Waals surface area (Å²) in [6.07, 6.45) is 5.96. The van der Waals surface area contributed by atoms with Gasteiger partial charge in [-0.1, -0.05) is 0 Å². The van der Waals surface area contributed by atoms with Crippen molar-refractivity contribution >= 4 is 11.4 Å². The summed E-state index contributed by atoms with van der Waals surface area (Å²) in [6, 6.07) is 3.90. The van der Waals surface area contributed by atoms with Gasteiger partial charge in [0.1, 0.15) is 5.82 Å². The molecule has 2 bridgehead atoms. The van der Waals surface area contributed by atoms with Crippen LogP contribution in [-0.2, 0) is 4.74 Å². The number of nitrogens with two attached hydrogens (primary N) is 1. The van der Waals surface area contributed by atoms with Gasteiger partial charge in [0.25, 0.3) is 0 Å². The van der Waals surface area contributed by atoms with Gasteiger partial charge < -0.3 is 15.4 Å². The van der Waals surface area contributed by atoms with Crippen molar-refractivity contribution in [1.29, 1.82) is 0 Å². The molecule has 2 unspecified atom stereocenters. The number of rotatable bonds is 4. The number of aromatic nitrogens is 6. The molecule has 0 saturated carbocycles. The number of hydrogen-bond acceptors (Lipinski definition) is 7. The summed E-state index contributed by atoms with van der Waals surface area (Å²) in [5.41, 5.74) is 11.1. The van der Waals surface area contributed by atoms with Crippen molar-refractivity contribution < 1.29 is 4.74 Å². The number of ether oxygens (including phenoxy) is 1. The number of hydrogen-bond donors (Lipinski definition) is 3. The van der Waals surface area contributed by atoms with Crippen molar-refractivity contribution in [2.45, 2.75) is 38.9 Å². The van der Waals surface area contributed by atoms with Gasteiger partial charge in [0.15, 0.2) is 5.82 Å². The van der Waals surface area contributed by atoms with Crippen molar-refractivity contribution in [3.05, 3.63) is 47.4 Å². The minimum Gasteiger partial charge on any atom is -0.404 e. The molecule has 29 heavy (non-hydrogen) atoms. The van der Waals surface area contributed by atoms with E-state index < -0.39 is 0 Å². The molecule has 5 rings (SSSR count). The highest BCUT2D eigenvalue weighted by Gasteiger charge is 2.34. The second-order valence-electron chi connectivity index (χ2n) is 7.66. The summed E-state index contributed by atoms with van der Waals surface area (Å²) in [4.78, 5) is 12.0. The molecule has 4 N–H and O–H groups in total. The number of H-pyrrole nitrogens is 2. The third-order valence-corrected chi connectivity index (χ3v) is 5.66. The minimum atomic E-state index is 0.269. The molecule has 0 radical (unpaired) electrons. The average Bonchev–Trinajstić information content (AvgIpc) is 3.44. The Morgan fingerprint density at radius 2 is 2.00 bits per heavy atom. The van der Waals surface area contributed by atoms with Gasteiger partial charge in [0, 0.05) is 42.8 Å². The monoisotopic (exact) mass is 392 g/mol. The summed E-state index contributed by atoms with van der Waals surface area (Å²) >= 11 is 0. The molecule has 5 heterocycles. The zero-order valence-electron chi connectivity index (χ0n) is 16.5. The van der Waals surface area contributed by atoms with Gasteiger partial charge in [-0.05, 0) is 32.8 Å². The number of aryl methyl sites for hydroxylation is 2. The van der Waals surface area contributed by atoms with E-state index in [-0.39, 0.29) is 12.2 Å². The molecule has 2 atom stereocenters. The first-order valence-electron chi connectivity index (χ1n) is 9.86. The lowest BCUT2D eigenvalue weighted by Gasteiger charge is -2.33. The molecule has 3 aromatic heterocycles. The van der Waals surface area contributed by atoms with E-state index >= 15 is 0 Å². The predicted molar refractivity (Wildman–Crippen MR) is 109 cm³/mol. The fourth-order valence-electron chi connectivity index (χ4n) is 4.27. The van der Waals surface area contributed by atoms with Crippen LogP contribution >= 0.6 is 0 Å². The standard InChI is InChI=1S/C20H24N8O/c1-11-19(12(2)26-25-11)17-7-18(28-9-13-3-4-14(10-28)29-13)24-20(23-17)15(8-21)16-5-6-22-27-16/h5-8,13-14H,3-4,9-10,21H2,1-2H3,(H,22,27)(H,25,26)/b15-8-. The lowest BCUT2D eigenvalue weighted by atomic mass is 10.1. The fraction of sp³-hybridized carbons (Fsp3) is 0.400. The smallest absolute Gasteiger partial charge is 0.165 e. The molecular formula is C20H24N8O. The topological polar surface area (TPSA) is 122 Å². The van der Waals surface area contributed by atoms with Crippen LogP contribution in [0.5, 0.6) is 0 Å². The van der Waals surface area contributed by atoms with Crippen LogP contribution in [0.2, 0.25) is 0 Å². The maximum absolute atomic E-state index is 6.00. The lowest BCUT2D eigenvalue weighted by Crippen LogP contribution is -2.43. The zero-order valence-corrected chi connectivity index (χ0v) is 16.5. The molecule has 150 valence electrons. The first-order chi connectivity index (χ1) is 14.1. The lowest BCUT2D eigenvalue weighted by molar-refractivity contribution is 0.0302. The van der Waals surface area contributed by atoms with Crippen LogP contribution in [0.25, 0.3) is 16.8 Å². The van der Waals surface area contributed by atoms with Crippen molar-refractivity contribution in [3.63, 3.8) is 0 Å². The van der Waals surface area contributed by atoms with Crippen molar-refractivity contribution in [1.82, 2.24) is 30.4 Å². The number of aromatic amines is 2. The second-order valence-corrected chi connectivity index (χ2v) is 7.66. The van der Waals surface area contributed by atoms with Crippen LogP contribution in [-0.4, -0.2) is 55.7 Å². The van der Waals surface area contributed by atoms with E-state index in [4.69, 9.17) is 20.4 Å². The van der Waals surface area contributed by atoms with E-state index in [2.05, 4.69) is 25.3 Å². The third kappa shape index (κ3) is 3.17. The third-order valence-electron chi connectivity index (χ3n) is 5.66. The van der Waals surface area contributed by atoms with Gasteiger partial charge in [-0.2, -0.15) is 10.2 Å². The van der Waals surface area contributed by atoms with E-state index in [1.807, 2.05) is 26.0 Å². The van der Waals surface area contributed by atoms with Gasteiger partial charge in [0.2, 0.25) is 0 Å². The summed E-state index contributed by atoms with van der Waals surface area (Å²) in [5.74, 6) is 1.44. The Bertz CT molecular complexity index is 1020. The Labute approximate surface area is 168 Å². The van der Waals surface area contributed by atoms with E-state index in [9.17, 15) is 0 Å². The van der Waals surface area contributed by atoms with Gasteiger partial charge >= 0.3 is 0 Å². The van der Waals surface area contributed by atoms with Crippen LogP contribution in [0.15, 0.2) is 24.5 Å². The summed E-state index contributed by atoms with van der Waals surface area (Å²) in [6.45, 7) is 5.65. The normalized spacial score (nSPS) is 21.7. The number of fused-ring (bicyclic) bond motifs is 2. The van der Waals surface area contributed by atoms with Gasteiger partial charge in [0.05, 0.1) is 34.9 Å². The molecule has 0 spiro atoms. The molecule has 0 amide bonds.